The summed E-state index contributed by atoms with van der Waals surface area (Å²) in [5.74, 6) is 0.0414. The molecule has 2 aliphatic rings. The Bertz CT molecular complexity index is 498. The Balaban J connectivity index is 2.04. The number of carbonyl (C=O) groups is 1. The van der Waals surface area contributed by atoms with E-state index >= 15 is 0 Å². The Kier molecular flexibility index (Phi) is 3.63. The minimum atomic E-state index is -0.770. The summed E-state index contributed by atoms with van der Waals surface area (Å²) in [5, 5.41) is 9.39. The highest BCUT2D eigenvalue weighted by molar-refractivity contribution is 5.69. The Hall–Kier alpha value is -1.59. The van der Waals surface area contributed by atoms with Gasteiger partial charge in [-0.1, -0.05) is 18.2 Å². The summed E-state index contributed by atoms with van der Waals surface area (Å²) in [5.41, 5.74) is 0.528. The van der Waals surface area contributed by atoms with E-state index in [2.05, 4.69) is 4.90 Å². The molecule has 0 bridgehead atoms. The molecule has 1 atom stereocenters. The molecule has 1 unspecified atom stereocenters. The number of carboxylic acid groups (broad SMARTS) is 1. The highest BCUT2D eigenvalue weighted by Crippen LogP contribution is 2.44. The number of carboxylic acids is 1. The first-order valence-electron chi connectivity index (χ1n) is 6.99. The van der Waals surface area contributed by atoms with Crippen molar-refractivity contribution in [3.05, 3.63) is 29.8 Å². The molecule has 2 heterocycles. The van der Waals surface area contributed by atoms with Gasteiger partial charge in [0, 0.05) is 25.1 Å². The molecule has 0 amide bonds. The van der Waals surface area contributed by atoms with Crippen molar-refractivity contribution < 1.29 is 19.4 Å². The van der Waals surface area contributed by atoms with Crippen LogP contribution in [0.5, 0.6) is 5.75 Å². The summed E-state index contributed by atoms with van der Waals surface area (Å²) in [7, 11) is 0. The molecule has 3 rings (SSSR count). The van der Waals surface area contributed by atoms with Crippen molar-refractivity contribution >= 4 is 5.97 Å². The lowest BCUT2D eigenvalue weighted by molar-refractivity contribution is -0.143. The van der Waals surface area contributed by atoms with Crippen LogP contribution in [0.2, 0.25) is 0 Å². The molecule has 0 radical (unpaired) electrons. The van der Waals surface area contributed by atoms with E-state index in [1.807, 2.05) is 24.3 Å². The Morgan fingerprint density at radius 2 is 2.00 bits per heavy atom. The quantitative estimate of drug-likeness (QED) is 0.906. The number of hydrogen-bond donors (Lipinski definition) is 1. The first-order chi connectivity index (χ1) is 9.72. The van der Waals surface area contributed by atoms with Crippen molar-refractivity contribution in [2.45, 2.75) is 18.4 Å². The molecule has 1 fully saturated rings. The van der Waals surface area contributed by atoms with Gasteiger partial charge in [0.05, 0.1) is 31.8 Å². The number of hydrogen-bond acceptors (Lipinski definition) is 4. The van der Waals surface area contributed by atoms with Crippen LogP contribution < -0.4 is 4.74 Å². The third kappa shape index (κ3) is 2.27. The van der Waals surface area contributed by atoms with E-state index in [-0.39, 0.29) is 6.42 Å². The topological polar surface area (TPSA) is 59.0 Å². The van der Waals surface area contributed by atoms with Crippen LogP contribution >= 0.6 is 0 Å². The lowest BCUT2D eigenvalue weighted by Crippen LogP contribution is -2.54. The fourth-order valence-corrected chi connectivity index (χ4v) is 3.31. The van der Waals surface area contributed by atoms with Crippen molar-refractivity contribution in [3.8, 4) is 5.75 Å². The third-order valence-electron chi connectivity index (χ3n) is 4.22. The van der Waals surface area contributed by atoms with Gasteiger partial charge in [-0.15, -0.1) is 0 Å². The molecule has 5 heteroatoms. The molecule has 20 heavy (non-hydrogen) atoms. The van der Waals surface area contributed by atoms with Crippen LogP contribution in [0, 0.1) is 0 Å². The van der Waals surface area contributed by atoms with E-state index in [1.165, 1.54) is 0 Å². The van der Waals surface area contributed by atoms with Gasteiger partial charge in [0.2, 0.25) is 0 Å². The molecule has 108 valence electrons. The number of fused-ring (bicyclic) bond motifs is 1. The SMILES string of the molecule is O=C(O)CC1(N2CCOCC2)CCOc2ccccc21. The molecule has 1 N–H and O–H groups in total. The van der Waals surface area contributed by atoms with Crippen LogP contribution in [0.15, 0.2) is 24.3 Å². The van der Waals surface area contributed by atoms with Crippen molar-refractivity contribution in [2.75, 3.05) is 32.9 Å². The summed E-state index contributed by atoms with van der Waals surface area (Å²) in [6, 6.07) is 7.79. The van der Waals surface area contributed by atoms with Crippen molar-refractivity contribution in [3.63, 3.8) is 0 Å². The summed E-state index contributed by atoms with van der Waals surface area (Å²) >= 11 is 0. The highest BCUT2D eigenvalue weighted by atomic mass is 16.5. The van der Waals surface area contributed by atoms with Gasteiger partial charge in [-0.25, -0.2) is 0 Å². The van der Waals surface area contributed by atoms with Crippen LogP contribution in [0.4, 0.5) is 0 Å². The lowest BCUT2D eigenvalue weighted by Gasteiger charge is -2.47. The smallest absolute Gasteiger partial charge is 0.305 e. The molecule has 0 aromatic heterocycles. The maximum Gasteiger partial charge on any atom is 0.305 e. The van der Waals surface area contributed by atoms with Gasteiger partial charge in [0.15, 0.2) is 0 Å². The van der Waals surface area contributed by atoms with E-state index in [0.29, 0.717) is 26.2 Å². The van der Waals surface area contributed by atoms with Crippen LogP contribution in [0.3, 0.4) is 0 Å². The monoisotopic (exact) mass is 277 g/mol. The molecule has 0 aliphatic carbocycles. The van der Waals surface area contributed by atoms with E-state index in [9.17, 15) is 9.90 Å². The van der Waals surface area contributed by atoms with E-state index < -0.39 is 11.5 Å². The molecule has 1 saturated heterocycles. The Morgan fingerprint density at radius 1 is 1.25 bits per heavy atom. The highest BCUT2D eigenvalue weighted by Gasteiger charge is 2.44. The van der Waals surface area contributed by atoms with Crippen LogP contribution in [-0.4, -0.2) is 48.9 Å². The third-order valence-corrected chi connectivity index (χ3v) is 4.22. The summed E-state index contributed by atoms with van der Waals surface area (Å²) in [6.07, 6.45) is 0.809. The van der Waals surface area contributed by atoms with Crippen LogP contribution in [-0.2, 0) is 15.1 Å². The summed E-state index contributed by atoms with van der Waals surface area (Å²) in [6.45, 7) is 3.40. The zero-order valence-electron chi connectivity index (χ0n) is 11.4. The van der Waals surface area contributed by atoms with Crippen molar-refractivity contribution in [2.24, 2.45) is 0 Å². The minimum Gasteiger partial charge on any atom is -0.493 e. The Morgan fingerprint density at radius 3 is 2.75 bits per heavy atom. The van der Waals surface area contributed by atoms with E-state index in [0.717, 1.165) is 24.4 Å². The molecule has 1 aromatic rings. The zero-order chi connectivity index (χ0) is 14.0. The minimum absolute atomic E-state index is 0.105. The van der Waals surface area contributed by atoms with Gasteiger partial charge in [0.25, 0.3) is 0 Å². The normalized spacial score (nSPS) is 26.6. The molecule has 5 nitrogen and oxygen atoms in total. The number of ether oxygens (including phenoxy) is 2. The lowest BCUT2D eigenvalue weighted by atomic mass is 9.79. The molecule has 0 spiro atoms. The average Bonchev–Trinajstić information content (AvgIpc) is 2.48. The second-order valence-corrected chi connectivity index (χ2v) is 5.30. The maximum atomic E-state index is 11.4. The van der Waals surface area contributed by atoms with Crippen LogP contribution in [0.1, 0.15) is 18.4 Å². The van der Waals surface area contributed by atoms with E-state index in [4.69, 9.17) is 9.47 Å². The number of aliphatic carboxylic acids is 1. The van der Waals surface area contributed by atoms with Gasteiger partial charge in [0.1, 0.15) is 5.75 Å². The first kappa shape index (κ1) is 13.4. The van der Waals surface area contributed by atoms with Gasteiger partial charge in [-0.2, -0.15) is 0 Å². The summed E-state index contributed by atoms with van der Waals surface area (Å²) in [4.78, 5) is 13.7. The fraction of sp³-hybridized carbons (Fsp3) is 0.533. The molecular weight excluding hydrogens is 258 g/mol. The number of rotatable bonds is 3. The van der Waals surface area contributed by atoms with Gasteiger partial charge < -0.3 is 14.6 Å². The second kappa shape index (κ2) is 5.42. The van der Waals surface area contributed by atoms with Gasteiger partial charge >= 0.3 is 5.97 Å². The zero-order valence-corrected chi connectivity index (χ0v) is 11.4. The number of morpholine rings is 1. The van der Waals surface area contributed by atoms with E-state index in [1.54, 1.807) is 0 Å². The maximum absolute atomic E-state index is 11.4. The summed E-state index contributed by atoms with van der Waals surface area (Å²) < 4.78 is 11.1. The molecule has 0 saturated carbocycles. The van der Waals surface area contributed by atoms with Gasteiger partial charge in [-0.3, -0.25) is 9.69 Å². The fourth-order valence-electron chi connectivity index (χ4n) is 3.31. The molecular formula is C15H19NO4. The number of para-hydroxylation sites is 1. The second-order valence-electron chi connectivity index (χ2n) is 5.30. The van der Waals surface area contributed by atoms with Crippen molar-refractivity contribution in [1.82, 2.24) is 4.90 Å². The van der Waals surface area contributed by atoms with Crippen molar-refractivity contribution in [1.29, 1.82) is 0 Å². The van der Waals surface area contributed by atoms with Gasteiger partial charge in [-0.05, 0) is 6.07 Å². The first-order valence-corrected chi connectivity index (χ1v) is 6.99. The predicted octanol–water partition coefficient (Wildman–Crippen LogP) is 1.47. The van der Waals surface area contributed by atoms with Crippen LogP contribution in [0.25, 0.3) is 0 Å². The molecule has 2 aliphatic heterocycles. The number of benzene rings is 1. The molecule has 1 aromatic carbocycles. The largest absolute Gasteiger partial charge is 0.493 e. The predicted molar refractivity (Wildman–Crippen MR) is 72.9 cm³/mol. The average molecular weight is 277 g/mol. The Labute approximate surface area is 118 Å². The number of nitrogens with zero attached hydrogens (tertiary/aromatic N) is 1. The standard InChI is InChI=1S/C15H19NO4/c17-14(18)11-15(16-6-9-19-10-7-16)5-8-20-13-4-2-1-3-12(13)15/h1-4H,5-11H2,(H,17,18).